The molecule has 0 saturated carbocycles. The summed E-state index contributed by atoms with van der Waals surface area (Å²) in [6.07, 6.45) is -0.126. The summed E-state index contributed by atoms with van der Waals surface area (Å²) in [7, 11) is 0. The first-order valence-corrected chi connectivity index (χ1v) is 10.2. The third kappa shape index (κ3) is 6.96. The van der Waals surface area contributed by atoms with E-state index in [1.54, 1.807) is 18.3 Å². The molecule has 0 spiro atoms. The number of pyridine rings is 1. The van der Waals surface area contributed by atoms with E-state index in [-0.39, 0.29) is 12.1 Å². The summed E-state index contributed by atoms with van der Waals surface area (Å²) in [5.74, 6) is 0.542. The predicted octanol–water partition coefficient (Wildman–Crippen LogP) is 7.17. The summed E-state index contributed by atoms with van der Waals surface area (Å²) < 4.78 is 39.6. The molecule has 4 nitrogen and oxygen atoms in total. The van der Waals surface area contributed by atoms with Gasteiger partial charge in [0, 0.05) is 11.9 Å². The Morgan fingerprint density at radius 3 is 2.34 bits per heavy atom. The van der Waals surface area contributed by atoms with Gasteiger partial charge in [0.25, 0.3) is 0 Å². The first-order chi connectivity index (χ1) is 13.8. The topological polar surface area (TPSA) is 50.7 Å². The second-order valence-corrected chi connectivity index (χ2v) is 6.71. The summed E-state index contributed by atoms with van der Waals surface area (Å²) in [6.45, 7) is 9.94. The number of benzene rings is 1. The number of alkyl halides is 3. The Labute approximate surface area is 178 Å². The van der Waals surface area contributed by atoms with E-state index in [0.29, 0.717) is 21.5 Å². The molecule has 1 aromatic carbocycles. The van der Waals surface area contributed by atoms with Crippen LogP contribution in [0, 0.1) is 6.92 Å². The van der Waals surface area contributed by atoms with Crippen molar-refractivity contribution in [1.29, 1.82) is 0 Å². The maximum absolute atomic E-state index is 13.0. The zero-order valence-corrected chi connectivity index (χ0v) is 18.8. The van der Waals surface area contributed by atoms with Gasteiger partial charge in [-0.2, -0.15) is 13.2 Å². The SMILES string of the molecule is CC.CCC.Cc1c(CNc2ncnc3cnc(Br)cc23)cccc1C(F)(F)F. The van der Waals surface area contributed by atoms with Crippen LogP contribution in [0.25, 0.3) is 10.9 Å². The normalized spacial score (nSPS) is 10.5. The molecule has 3 aromatic rings. The van der Waals surface area contributed by atoms with E-state index in [9.17, 15) is 13.2 Å². The van der Waals surface area contributed by atoms with Crippen LogP contribution in [-0.2, 0) is 12.7 Å². The van der Waals surface area contributed by atoms with Crippen molar-refractivity contribution in [3.05, 3.63) is 58.1 Å². The van der Waals surface area contributed by atoms with E-state index in [0.717, 1.165) is 11.5 Å². The van der Waals surface area contributed by atoms with Crippen LogP contribution in [0.3, 0.4) is 0 Å². The first-order valence-electron chi connectivity index (χ1n) is 9.43. The Hall–Kier alpha value is -2.22. The number of nitrogens with zero attached hydrogens (tertiary/aromatic N) is 3. The zero-order valence-electron chi connectivity index (χ0n) is 17.2. The molecule has 1 N–H and O–H groups in total. The highest BCUT2D eigenvalue weighted by molar-refractivity contribution is 9.10. The van der Waals surface area contributed by atoms with Gasteiger partial charge in [0.2, 0.25) is 0 Å². The molecule has 0 radical (unpaired) electrons. The molecule has 2 aromatic heterocycles. The van der Waals surface area contributed by atoms with Gasteiger partial charge >= 0.3 is 6.18 Å². The Morgan fingerprint density at radius 2 is 1.72 bits per heavy atom. The average molecular weight is 471 g/mol. The second kappa shape index (κ2) is 11.7. The van der Waals surface area contributed by atoms with Crippen molar-refractivity contribution in [1.82, 2.24) is 15.0 Å². The van der Waals surface area contributed by atoms with Crippen LogP contribution in [0.2, 0.25) is 0 Å². The van der Waals surface area contributed by atoms with Gasteiger partial charge < -0.3 is 5.32 Å². The van der Waals surface area contributed by atoms with Crippen LogP contribution in [0.4, 0.5) is 19.0 Å². The molecular formula is C21H26BrF3N4. The van der Waals surface area contributed by atoms with Crippen molar-refractivity contribution in [2.24, 2.45) is 0 Å². The Bertz CT molecular complexity index is 914. The lowest BCUT2D eigenvalue weighted by Crippen LogP contribution is -2.11. The fraction of sp³-hybridized carbons (Fsp3) is 0.381. The Balaban J connectivity index is 0.000000771. The number of hydrogen-bond acceptors (Lipinski definition) is 4. The highest BCUT2D eigenvalue weighted by Gasteiger charge is 2.32. The van der Waals surface area contributed by atoms with E-state index in [4.69, 9.17) is 0 Å². The van der Waals surface area contributed by atoms with E-state index < -0.39 is 11.7 Å². The second-order valence-electron chi connectivity index (χ2n) is 5.89. The van der Waals surface area contributed by atoms with Crippen molar-refractivity contribution >= 4 is 32.7 Å². The molecule has 0 aliphatic heterocycles. The molecule has 0 bridgehead atoms. The number of anilines is 1. The third-order valence-corrected chi connectivity index (χ3v) is 4.12. The largest absolute Gasteiger partial charge is 0.416 e. The van der Waals surface area contributed by atoms with E-state index in [1.165, 1.54) is 25.7 Å². The highest BCUT2D eigenvalue weighted by Crippen LogP contribution is 2.33. The fourth-order valence-corrected chi connectivity index (χ4v) is 2.77. The van der Waals surface area contributed by atoms with E-state index in [2.05, 4.69) is 50.0 Å². The maximum atomic E-state index is 13.0. The number of rotatable bonds is 3. The molecule has 0 aliphatic carbocycles. The lowest BCUT2D eigenvalue weighted by atomic mass is 10.0. The van der Waals surface area contributed by atoms with Gasteiger partial charge in [-0.3, -0.25) is 0 Å². The fourth-order valence-electron chi connectivity index (χ4n) is 2.44. The maximum Gasteiger partial charge on any atom is 0.416 e. The molecule has 0 amide bonds. The molecule has 0 unspecified atom stereocenters. The van der Waals surface area contributed by atoms with Crippen molar-refractivity contribution in [3.8, 4) is 0 Å². The van der Waals surface area contributed by atoms with Crippen LogP contribution in [0.1, 0.15) is 50.8 Å². The zero-order chi connectivity index (χ0) is 22.0. The van der Waals surface area contributed by atoms with Gasteiger partial charge in [-0.15, -0.1) is 0 Å². The molecule has 158 valence electrons. The molecule has 0 fully saturated rings. The van der Waals surface area contributed by atoms with Gasteiger partial charge in [0.1, 0.15) is 16.7 Å². The standard InChI is InChI=1S/C16H12BrF3N4.C3H8.C2H6/c1-9-10(3-2-4-12(9)16(18,19)20)6-22-15-11-5-14(17)21-7-13(11)23-8-24-15;1-3-2;1-2/h2-5,7-8H,6H2,1H3,(H,22,23,24);3H2,1-2H3;1-2H3. The van der Waals surface area contributed by atoms with Gasteiger partial charge in [-0.25, -0.2) is 15.0 Å². The summed E-state index contributed by atoms with van der Waals surface area (Å²) in [4.78, 5) is 12.4. The number of aromatic nitrogens is 3. The first kappa shape index (κ1) is 24.8. The smallest absolute Gasteiger partial charge is 0.365 e. The number of nitrogens with one attached hydrogen (secondary N) is 1. The van der Waals surface area contributed by atoms with Crippen LogP contribution in [0.5, 0.6) is 0 Å². The van der Waals surface area contributed by atoms with Crippen LogP contribution in [0.15, 0.2) is 41.4 Å². The molecular weight excluding hydrogens is 445 g/mol. The van der Waals surface area contributed by atoms with Crippen LogP contribution in [-0.4, -0.2) is 15.0 Å². The van der Waals surface area contributed by atoms with Crippen molar-refractivity contribution in [2.45, 2.75) is 53.8 Å². The molecule has 3 rings (SSSR count). The van der Waals surface area contributed by atoms with Crippen LogP contribution < -0.4 is 5.32 Å². The summed E-state index contributed by atoms with van der Waals surface area (Å²) in [5, 5.41) is 3.82. The molecule has 0 aliphatic rings. The predicted molar refractivity (Wildman–Crippen MR) is 116 cm³/mol. The van der Waals surface area contributed by atoms with Gasteiger partial charge in [-0.05, 0) is 46.1 Å². The minimum absolute atomic E-state index is 0.207. The molecule has 0 saturated heterocycles. The van der Waals surface area contributed by atoms with E-state index in [1.807, 2.05) is 13.8 Å². The van der Waals surface area contributed by atoms with Crippen molar-refractivity contribution in [2.75, 3.05) is 5.32 Å². The highest BCUT2D eigenvalue weighted by atomic mass is 79.9. The van der Waals surface area contributed by atoms with E-state index >= 15 is 0 Å². The quantitative estimate of drug-likeness (QED) is 0.412. The molecule has 8 heteroatoms. The lowest BCUT2D eigenvalue weighted by Gasteiger charge is -2.15. The lowest BCUT2D eigenvalue weighted by molar-refractivity contribution is -0.138. The average Bonchev–Trinajstić information content (AvgIpc) is 2.68. The monoisotopic (exact) mass is 470 g/mol. The number of fused-ring (bicyclic) bond motifs is 1. The van der Waals surface area contributed by atoms with Crippen molar-refractivity contribution in [3.63, 3.8) is 0 Å². The van der Waals surface area contributed by atoms with Crippen molar-refractivity contribution < 1.29 is 13.2 Å². The van der Waals surface area contributed by atoms with Gasteiger partial charge in [-0.1, -0.05) is 46.2 Å². The summed E-state index contributed by atoms with van der Waals surface area (Å²) >= 11 is 3.29. The molecule has 2 heterocycles. The summed E-state index contributed by atoms with van der Waals surface area (Å²) in [5.41, 5.74) is 0.793. The minimum atomic E-state index is -4.36. The molecule has 0 atom stereocenters. The number of hydrogen-bond donors (Lipinski definition) is 1. The summed E-state index contributed by atoms with van der Waals surface area (Å²) in [6, 6.07) is 5.92. The molecule has 29 heavy (non-hydrogen) atoms. The minimum Gasteiger partial charge on any atom is -0.365 e. The van der Waals surface area contributed by atoms with Crippen LogP contribution >= 0.6 is 15.9 Å². The van der Waals surface area contributed by atoms with Gasteiger partial charge in [0.05, 0.1) is 17.3 Å². The Morgan fingerprint density at radius 1 is 1.07 bits per heavy atom. The van der Waals surface area contributed by atoms with Gasteiger partial charge in [0.15, 0.2) is 0 Å². The third-order valence-electron chi connectivity index (χ3n) is 3.69. The Kier molecular flexibility index (Phi) is 10.0. The number of halogens is 4.